The Morgan fingerprint density at radius 3 is 2.82 bits per heavy atom. The summed E-state index contributed by atoms with van der Waals surface area (Å²) in [5.74, 6) is -1.10. The van der Waals surface area contributed by atoms with Gasteiger partial charge in [-0.05, 0) is 18.1 Å². The Hall–Kier alpha value is -0.620. The molecule has 17 heavy (non-hydrogen) atoms. The van der Waals surface area contributed by atoms with Crippen LogP contribution in [-0.2, 0) is 4.79 Å². The first kappa shape index (κ1) is 12.8. The van der Waals surface area contributed by atoms with Crippen LogP contribution < -0.4 is 4.90 Å². The van der Waals surface area contributed by atoms with Crippen molar-refractivity contribution in [3.05, 3.63) is 22.4 Å². The van der Waals surface area contributed by atoms with Crippen LogP contribution in [0.2, 0.25) is 0 Å². The highest BCUT2D eigenvalue weighted by molar-refractivity contribution is 9.10. The quantitative estimate of drug-likeness (QED) is 0.817. The van der Waals surface area contributed by atoms with Crippen LogP contribution in [0.3, 0.4) is 0 Å². The van der Waals surface area contributed by atoms with E-state index in [2.05, 4.69) is 31.9 Å². The zero-order valence-corrected chi connectivity index (χ0v) is 12.0. The summed E-state index contributed by atoms with van der Waals surface area (Å²) in [7, 11) is 0. The lowest BCUT2D eigenvalue weighted by Gasteiger charge is -2.18. The summed E-state index contributed by atoms with van der Waals surface area (Å²) in [6, 6.07) is 2.72. The maximum absolute atomic E-state index is 13.4. The Balaban J connectivity index is 2.38. The van der Waals surface area contributed by atoms with Crippen LogP contribution in [0.4, 0.5) is 10.1 Å². The van der Waals surface area contributed by atoms with E-state index < -0.39 is 11.6 Å². The Morgan fingerprint density at radius 1 is 1.53 bits per heavy atom. The number of alkyl halides is 1. The van der Waals surface area contributed by atoms with Gasteiger partial charge >= 0.3 is 0 Å². The van der Waals surface area contributed by atoms with Crippen molar-refractivity contribution in [2.24, 2.45) is 5.92 Å². The summed E-state index contributed by atoms with van der Waals surface area (Å²) in [5, 5.41) is 10.4. The fraction of sp³-hybridized carbons (Fsp3) is 0.364. The average molecular weight is 367 g/mol. The van der Waals surface area contributed by atoms with Gasteiger partial charge in [0, 0.05) is 22.8 Å². The van der Waals surface area contributed by atoms with E-state index in [9.17, 15) is 14.3 Å². The van der Waals surface area contributed by atoms with E-state index in [1.165, 1.54) is 11.0 Å². The number of hydrogen-bond acceptors (Lipinski definition) is 2. The number of phenolic OH excluding ortho intramolecular Hbond substituents is 1. The third-order valence-electron chi connectivity index (χ3n) is 2.72. The third-order valence-corrected chi connectivity index (χ3v) is 4.10. The van der Waals surface area contributed by atoms with E-state index in [1.807, 2.05) is 0 Å². The predicted molar refractivity (Wildman–Crippen MR) is 70.0 cm³/mol. The topological polar surface area (TPSA) is 40.5 Å². The Bertz CT molecular complexity index is 467. The highest BCUT2D eigenvalue weighted by Gasteiger charge is 2.32. The smallest absolute Gasteiger partial charge is 0.227 e. The lowest BCUT2D eigenvalue weighted by molar-refractivity contribution is -0.117. The molecule has 1 fully saturated rings. The zero-order chi connectivity index (χ0) is 12.6. The molecule has 92 valence electrons. The van der Waals surface area contributed by atoms with Gasteiger partial charge in [-0.1, -0.05) is 31.9 Å². The van der Waals surface area contributed by atoms with Gasteiger partial charge in [0.25, 0.3) is 0 Å². The molecule has 0 bridgehead atoms. The molecule has 0 spiro atoms. The first-order valence-electron chi connectivity index (χ1n) is 5.07. The molecule has 1 amide bonds. The van der Waals surface area contributed by atoms with E-state index in [-0.39, 0.29) is 17.5 Å². The molecular formula is C11H10Br2FNO2. The largest absolute Gasteiger partial charge is 0.503 e. The van der Waals surface area contributed by atoms with Gasteiger partial charge in [-0.2, -0.15) is 0 Å². The van der Waals surface area contributed by atoms with Crippen LogP contribution in [0, 0.1) is 11.7 Å². The molecule has 0 aromatic heterocycles. The maximum Gasteiger partial charge on any atom is 0.227 e. The second-order valence-electron chi connectivity index (χ2n) is 3.98. The molecule has 2 rings (SSSR count). The van der Waals surface area contributed by atoms with Crippen LogP contribution in [0.15, 0.2) is 16.6 Å². The van der Waals surface area contributed by atoms with E-state index in [1.54, 1.807) is 6.07 Å². The number of hydrogen-bond donors (Lipinski definition) is 1. The van der Waals surface area contributed by atoms with E-state index in [0.29, 0.717) is 22.8 Å². The summed E-state index contributed by atoms with van der Waals surface area (Å²) < 4.78 is 13.9. The highest BCUT2D eigenvalue weighted by atomic mass is 79.9. The molecular weight excluding hydrogens is 357 g/mol. The number of amides is 1. The van der Waals surface area contributed by atoms with Gasteiger partial charge in [0.05, 0.1) is 5.69 Å². The molecule has 0 saturated carbocycles. The number of rotatable bonds is 2. The van der Waals surface area contributed by atoms with Crippen molar-refractivity contribution in [1.29, 1.82) is 0 Å². The summed E-state index contributed by atoms with van der Waals surface area (Å²) in [6.07, 6.45) is 0.415. The Labute approximate surface area is 115 Å². The third kappa shape index (κ3) is 2.47. The van der Waals surface area contributed by atoms with E-state index in [0.717, 1.165) is 0 Å². The van der Waals surface area contributed by atoms with Crippen molar-refractivity contribution in [1.82, 2.24) is 0 Å². The molecule has 1 heterocycles. The average Bonchev–Trinajstić information content (AvgIpc) is 2.65. The van der Waals surface area contributed by atoms with Crippen LogP contribution in [0.1, 0.15) is 6.42 Å². The molecule has 1 aromatic rings. The molecule has 1 N–H and O–H groups in total. The summed E-state index contributed by atoms with van der Waals surface area (Å²) in [5.41, 5.74) is 0.227. The van der Waals surface area contributed by atoms with Crippen molar-refractivity contribution < 1.29 is 14.3 Å². The first-order chi connectivity index (χ1) is 8.02. The lowest BCUT2D eigenvalue weighted by atomic mass is 10.2. The van der Waals surface area contributed by atoms with Crippen molar-refractivity contribution in [2.45, 2.75) is 6.42 Å². The summed E-state index contributed by atoms with van der Waals surface area (Å²) in [4.78, 5) is 13.2. The molecule has 1 aliphatic rings. The van der Waals surface area contributed by atoms with Gasteiger partial charge < -0.3 is 10.0 Å². The SMILES string of the molecule is O=C1CC(CBr)CN1c1cc(Br)cc(F)c1O. The van der Waals surface area contributed by atoms with Gasteiger partial charge in [0.15, 0.2) is 11.6 Å². The number of aromatic hydroxyl groups is 1. The lowest BCUT2D eigenvalue weighted by Crippen LogP contribution is -2.24. The second-order valence-corrected chi connectivity index (χ2v) is 5.55. The fourth-order valence-corrected chi connectivity index (χ4v) is 2.73. The minimum absolute atomic E-state index is 0.0951. The second kappa shape index (κ2) is 4.94. The van der Waals surface area contributed by atoms with Gasteiger partial charge in [0.1, 0.15) is 0 Å². The first-order valence-corrected chi connectivity index (χ1v) is 6.98. The van der Waals surface area contributed by atoms with Gasteiger partial charge in [0.2, 0.25) is 5.91 Å². The number of carbonyl (C=O) groups is 1. The number of halogens is 3. The minimum Gasteiger partial charge on any atom is -0.503 e. The standard InChI is InChI=1S/C11H10Br2FNO2/c12-4-6-1-10(16)15(5-6)9-3-7(13)2-8(14)11(9)17/h2-3,6,17H,1,4-5H2. The van der Waals surface area contributed by atoms with Crippen molar-refractivity contribution >= 4 is 43.5 Å². The Kier molecular flexibility index (Phi) is 3.73. The zero-order valence-electron chi connectivity index (χ0n) is 8.79. The van der Waals surface area contributed by atoms with Crippen molar-refractivity contribution in [3.63, 3.8) is 0 Å². The monoisotopic (exact) mass is 365 g/mol. The molecule has 1 saturated heterocycles. The molecule has 0 aliphatic carbocycles. The van der Waals surface area contributed by atoms with E-state index >= 15 is 0 Å². The molecule has 1 aromatic carbocycles. The highest BCUT2D eigenvalue weighted by Crippen LogP contribution is 2.36. The molecule has 0 radical (unpaired) electrons. The number of anilines is 1. The maximum atomic E-state index is 13.4. The van der Waals surface area contributed by atoms with Crippen LogP contribution in [0.5, 0.6) is 5.75 Å². The number of nitrogens with zero attached hydrogens (tertiary/aromatic N) is 1. The van der Waals surface area contributed by atoms with Crippen LogP contribution >= 0.6 is 31.9 Å². The van der Waals surface area contributed by atoms with Crippen molar-refractivity contribution in [3.8, 4) is 5.75 Å². The normalized spacial score (nSPS) is 20.1. The Morgan fingerprint density at radius 2 is 2.24 bits per heavy atom. The molecule has 6 heteroatoms. The minimum atomic E-state index is -0.732. The fourth-order valence-electron chi connectivity index (χ4n) is 1.88. The van der Waals surface area contributed by atoms with Crippen LogP contribution in [0.25, 0.3) is 0 Å². The van der Waals surface area contributed by atoms with Crippen LogP contribution in [-0.4, -0.2) is 22.9 Å². The molecule has 1 aliphatic heterocycles. The van der Waals surface area contributed by atoms with E-state index in [4.69, 9.17) is 0 Å². The number of carbonyl (C=O) groups excluding carboxylic acids is 1. The number of phenols is 1. The summed E-state index contributed by atoms with van der Waals surface area (Å²) in [6.45, 7) is 0.494. The molecule has 3 nitrogen and oxygen atoms in total. The van der Waals surface area contributed by atoms with Gasteiger partial charge in [-0.15, -0.1) is 0 Å². The predicted octanol–water partition coefficient (Wildman–Crippen LogP) is 3.04. The van der Waals surface area contributed by atoms with Gasteiger partial charge in [-0.25, -0.2) is 4.39 Å². The van der Waals surface area contributed by atoms with Gasteiger partial charge in [-0.3, -0.25) is 4.79 Å². The molecule has 1 unspecified atom stereocenters. The van der Waals surface area contributed by atoms with Crippen molar-refractivity contribution in [2.75, 3.05) is 16.8 Å². The summed E-state index contributed by atoms with van der Waals surface area (Å²) >= 11 is 6.47. The molecule has 1 atom stereocenters. The number of benzene rings is 1.